The summed E-state index contributed by atoms with van der Waals surface area (Å²) in [6.45, 7) is 0. The monoisotopic (exact) mass is 218 g/mol. The molecule has 0 aliphatic rings. The Morgan fingerprint density at radius 1 is 0.286 bits per heavy atom. The van der Waals surface area contributed by atoms with Crippen molar-refractivity contribution < 1.29 is 0 Å². The van der Waals surface area contributed by atoms with Crippen molar-refractivity contribution in [1.29, 1.82) is 0 Å². The van der Waals surface area contributed by atoms with Crippen molar-refractivity contribution in [3.05, 3.63) is 0 Å². The van der Waals surface area contributed by atoms with E-state index >= 15 is 0 Å². The van der Waals surface area contributed by atoms with Gasteiger partial charge in [0.2, 0.25) is 0 Å². The minimum atomic E-state index is 0. The summed E-state index contributed by atoms with van der Waals surface area (Å²) in [6, 6.07) is 0. The topological polar surface area (TPSA) is 0 Å². The second-order valence-electron chi connectivity index (χ2n) is 0. The molecule has 7 heteroatoms. The van der Waals surface area contributed by atoms with Crippen LogP contribution in [0.5, 0.6) is 0 Å². The van der Waals surface area contributed by atoms with Gasteiger partial charge in [-0.3, -0.25) is 0 Å². The molecule has 0 atom stereocenters. The molecule has 0 bridgehead atoms. The Labute approximate surface area is 124 Å². The Balaban J connectivity index is 0. The van der Waals surface area contributed by atoms with E-state index in [1.54, 1.807) is 0 Å². The standard InChI is InChI=1S/2Na.5H2S.2H/h;;5*1H2;;. The van der Waals surface area contributed by atoms with Crippen LogP contribution in [0.4, 0.5) is 0 Å². The van der Waals surface area contributed by atoms with Gasteiger partial charge in [-0.1, -0.05) is 0 Å². The third-order valence-electron chi connectivity index (χ3n) is 0. The summed E-state index contributed by atoms with van der Waals surface area (Å²) < 4.78 is 0. The zero-order chi connectivity index (χ0) is 0. The molecule has 44 valence electrons. The molecule has 0 fully saturated rings. The molecule has 7 heavy (non-hydrogen) atoms. The molecule has 0 N–H and O–H groups in total. The van der Waals surface area contributed by atoms with Crippen LogP contribution in [0.25, 0.3) is 0 Å². The van der Waals surface area contributed by atoms with Crippen molar-refractivity contribution >= 4 is 127 Å². The number of hydrogen-bond acceptors (Lipinski definition) is 0. The first-order valence-electron chi connectivity index (χ1n) is 0. The molecule has 0 aromatic rings. The molecule has 0 unspecified atom stereocenters. The van der Waals surface area contributed by atoms with E-state index in [9.17, 15) is 0 Å². The zero-order valence-electron chi connectivity index (χ0n) is 2.50. The number of hydrogen-bond donors (Lipinski definition) is 0. The first-order valence-corrected chi connectivity index (χ1v) is 0. The third-order valence-corrected chi connectivity index (χ3v) is 0. The van der Waals surface area contributed by atoms with Crippen molar-refractivity contribution in [3.8, 4) is 0 Å². The SMILES string of the molecule is S.S.S.S.S.[NaH].[NaH]. The van der Waals surface area contributed by atoms with Crippen LogP contribution in [0.15, 0.2) is 0 Å². The maximum atomic E-state index is 0. The Morgan fingerprint density at radius 3 is 0.286 bits per heavy atom. The molecule has 0 radical (unpaired) electrons. The van der Waals surface area contributed by atoms with Crippen LogP contribution in [0.2, 0.25) is 0 Å². The van der Waals surface area contributed by atoms with Crippen molar-refractivity contribution in [1.82, 2.24) is 0 Å². The van der Waals surface area contributed by atoms with Crippen LogP contribution in [0.1, 0.15) is 0 Å². The Morgan fingerprint density at radius 2 is 0.286 bits per heavy atom. The average molecular weight is 218 g/mol. The molecular weight excluding hydrogens is 206 g/mol. The van der Waals surface area contributed by atoms with Gasteiger partial charge in [0.25, 0.3) is 0 Å². The minimum absolute atomic E-state index is 0. The normalized spacial score (nSPS) is 0. The summed E-state index contributed by atoms with van der Waals surface area (Å²) >= 11 is 0. The third kappa shape index (κ3) is 41.6. The summed E-state index contributed by atoms with van der Waals surface area (Å²) in [6.07, 6.45) is 0. The molecule has 0 aromatic heterocycles. The van der Waals surface area contributed by atoms with E-state index in [2.05, 4.69) is 0 Å². The van der Waals surface area contributed by atoms with E-state index < -0.39 is 0 Å². The molecule has 0 aromatic carbocycles. The van der Waals surface area contributed by atoms with Gasteiger partial charge in [-0.2, -0.15) is 67.5 Å². The molecule has 0 aliphatic carbocycles. The number of rotatable bonds is 0. The molecule has 0 heterocycles. The molecule has 0 saturated heterocycles. The van der Waals surface area contributed by atoms with Crippen molar-refractivity contribution in [2.45, 2.75) is 0 Å². The second kappa shape index (κ2) is 53.1. The molecular formula is H12Na2S5. The van der Waals surface area contributed by atoms with Crippen LogP contribution in [0.3, 0.4) is 0 Å². The maximum absolute atomic E-state index is 0. The fraction of sp³-hybridized carbons (Fsp3) is 0. The first kappa shape index (κ1) is 72.7. The molecule has 0 rings (SSSR count). The molecule has 0 aliphatic heterocycles. The van der Waals surface area contributed by atoms with Gasteiger partial charge in [0.15, 0.2) is 0 Å². The van der Waals surface area contributed by atoms with Crippen LogP contribution in [-0.2, 0) is 0 Å². The Bertz CT molecular complexity index is 6.04. The fourth-order valence-corrected chi connectivity index (χ4v) is 0. The summed E-state index contributed by atoms with van der Waals surface area (Å²) in [4.78, 5) is 0. The van der Waals surface area contributed by atoms with Gasteiger partial charge < -0.3 is 0 Å². The molecule has 0 nitrogen and oxygen atoms in total. The van der Waals surface area contributed by atoms with Gasteiger partial charge in [-0.05, 0) is 0 Å². The van der Waals surface area contributed by atoms with Crippen LogP contribution in [0, 0.1) is 0 Å². The van der Waals surface area contributed by atoms with Crippen molar-refractivity contribution in [3.63, 3.8) is 0 Å². The summed E-state index contributed by atoms with van der Waals surface area (Å²) in [5.41, 5.74) is 0. The van der Waals surface area contributed by atoms with Gasteiger partial charge in [-0.15, -0.1) is 0 Å². The van der Waals surface area contributed by atoms with Crippen molar-refractivity contribution in [2.24, 2.45) is 0 Å². The molecule has 0 amide bonds. The Hall–Kier alpha value is 3.75. The van der Waals surface area contributed by atoms with E-state index in [4.69, 9.17) is 0 Å². The van der Waals surface area contributed by atoms with E-state index in [0.29, 0.717) is 0 Å². The van der Waals surface area contributed by atoms with E-state index in [0.717, 1.165) is 0 Å². The first-order chi connectivity index (χ1) is 0. The van der Waals surface area contributed by atoms with Crippen LogP contribution < -0.4 is 0 Å². The quantitative estimate of drug-likeness (QED) is 0.470. The van der Waals surface area contributed by atoms with E-state index in [1.807, 2.05) is 0 Å². The fourth-order valence-electron chi connectivity index (χ4n) is 0. The van der Waals surface area contributed by atoms with Crippen LogP contribution in [-0.4, -0.2) is 59.1 Å². The summed E-state index contributed by atoms with van der Waals surface area (Å²) in [5, 5.41) is 0. The van der Waals surface area contributed by atoms with E-state index in [1.165, 1.54) is 0 Å². The molecule has 0 spiro atoms. The van der Waals surface area contributed by atoms with Crippen LogP contribution >= 0.6 is 67.5 Å². The zero-order valence-corrected chi connectivity index (χ0v) is 7.50. The average Bonchev–Trinajstić information content (AvgIpc) is 0. The Kier molecular flexibility index (Phi) is 551. The predicted molar refractivity (Wildman–Crippen MR) is 66.2 cm³/mol. The molecule has 0 saturated carbocycles. The summed E-state index contributed by atoms with van der Waals surface area (Å²) in [5.74, 6) is 0. The second-order valence-corrected chi connectivity index (χ2v) is 0. The predicted octanol–water partition coefficient (Wildman–Crippen LogP) is -0.733. The van der Waals surface area contributed by atoms with Gasteiger partial charge in [0, 0.05) is 0 Å². The van der Waals surface area contributed by atoms with Gasteiger partial charge in [0.1, 0.15) is 0 Å². The van der Waals surface area contributed by atoms with Gasteiger partial charge >= 0.3 is 59.1 Å². The van der Waals surface area contributed by atoms with Crippen molar-refractivity contribution in [2.75, 3.05) is 0 Å². The summed E-state index contributed by atoms with van der Waals surface area (Å²) in [7, 11) is 0. The van der Waals surface area contributed by atoms with E-state index in [-0.39, 0.29) is 127 Å². The van der Waals surface area contributed by atoms with Gasteiger partial charge in [0.05, 0.1) is 0 Å². The van der Waals surface area contributed by atoms with Gasteiger partial charge in [-0.25, -0.2) is 0 Å².